The zero-order chi connectivity index (χ0) is 21.9. The van der Waals surface area contributed by atoms with E-state index in [2.05, 4.69) is 31.2 Å². The molecule has 0 fully saturated rings. The lowest BCUT2D eigenvalue weighted by molar-refractivity contribution is 0.0952. The molecular formula is C19H25N7O4. The summed E-state index contributed by atoms with van der Waals surface area (Å²) in [6.07, 6.45) is 1.60. The Labute approximate surface area is 173 Å². The molecule has 0 aliphatic heterocycles. The summed E-state index contributed by atoms with van der Waals surface area (Å²) in [5, 5.41) is 19.6. The van der Waals surface area contributed by atoms with Gasteiger partial charge in [-0.2, -0.15) is 4.98 Å². The Balaban J connectivity index is 2.06. The smallest absolute Gasteiger partial charge is 0.404 e. The van der Waals surface area contributed by atoms with Gasteiger partial charge in [-0.05, 0) is 37.1 Å². The number of aromatic nitrogens is 2. The Morgan fingerprint density at radius 2 is 1.77 bits per heavy atom. The highest BCUT2D eigenvalue weighted by atomic mass is 16.4. The molecule has 0 bridgehead atoms. The first-order chi connectivity index (χ1) is 14.4. The Morgan fingerprint density at radius 1 is 1.07 bits per heavy atom. The number of carbonyl (C=O) groups excluding carboxylic acids is 2. The van der Waals surface area contributed by atoms with Gasteiger partial charge in [-0.25, -0.2) is 9.78 Å². The maximum atomic E-state index is 12.5. The Morgan fingerprint density at radius 3 is 2.40 bits per heavy atom. The van der Waals surface area contributed by atoms with E-state index < -0.39 is 12.0 Å². The van der Waals surface area contributed by atoms with Crippen molar-refractivity contribution < 1.29 is 19.5 Å². The van der Waals surface area contributed by atoms with E-state index in [-0.39, 0.29) is 24.0 Å². The molecule has 0 saturated heterocycles. The third kappa shape index (κ3) is 6.93. The first-order valence-electron chi connectivity index (χ1n) is 9.43. The third-order valence-corrected chi connectivity index (χ3v) is 3.92. The third-order valence-electron chi connectivity index (χ3n) is 3.92. The molecule has 3 amide bonds. The van der Waals surface area contributed by atoms with Crippen LogP contribution in [-0.4, -0.2) is 52.6 Å². The Kier molecular flexibility index (Phi) is 8.36. The highest BCUT2D eigenvalue weighted by Crippen LogP contribution is 2.18. The molecule has 0 atom stereocenters. The molecule has 1 heterocycles. The van der Waals surface area contributed by atoms with Crippen LogP contribution in [0, 0.1) is 0 Å². The molecule has 11 heteroatoms. The molecule has 2 rings (SSSR count). The van der Waals surface area contributed by atoms with E-state index in [1.807, 2.05) is 6.92 Å². The van der Waals surface area contributed by atoms with Crippen LogP contribution in [0.3, 0.4) is 0 Å². The van der Waals surface area contributed by atoms with Crippen molar-refractivity contribution >= 4 is 35.4 Å². The van der Waals surface area contributed by atoms with Gasteiger partial charge in [0.25, 0.3) is 5.91 Å². The van der Waals surface area contributed by atoms with Crippen LogP contribution in [0.4, 0.5) is 22.2 Å². The molecule has 30 heavy (non-hydrogen) atoms. The topological polar surface area (TPSA) is 171 Å². The van der Waals surface area contributed by atoms with Crippen molar-refractivity contribution in [2.45, 2.75) is 19.8 Å². The van der Waals surface area contributed by atoms with Crippen LogP contribution in [0.2, 0.25) is 0 Å². The quantitative estimate of drug-likeness (QED) is 0.300. The van der Waals surface area contributed by atoms with Crippen LogP contribution < -0.4 is 27.0 Å². The monoisotopic (exact) mass is 415 g/mol. The number of nitrogens with two attached hydrogens (primary N) is 1. The van der Waals surface area contributed by atoms with Gasteiger partial charge < -0.3 is 32.1 Å². The predicted molar refractivity (Wildman–Crippen MR) is 112 cm³/mol. The second-order valence-corrected chi connectivity index (χ2v) is 6.29. The van der Waals surface area contributed by atoms with Crippen molar-refractivity contribution in [3.05, 3.63) is 41.6 Å². The molecule has 2 aromatic rings. The number of carbonyl (C=O) groups is 3. The number of primary amides is 1. The van der Waals surface area contributed by atoms with E-state index in [4.69, 9.17) is 10.8 Å². The summed E-state index contributed by atoms with van der Waals surface area (Å²) in [7, 11) is 0. The number of rotatable bonds is 11. The molecule has 160 valence electrons. The van der Waals surface area contributed by atoms with E-state index in [0.717, 1.165) is 6.42 Å². The van der Waals surface area contributed by atoms with Gasteiger partial charge in [-0.15, -0.1) is 0 Å². The van der Waals surface area contributed by atoms with Crippen molar-refractivity contribution in [3.8, 4) is 0 Å². The number of carboxylic acid groups (broad SMARTS) is 1. The number of hydrogen-bond acceptors (Lipinski definition) is 7. The van der Waals surface area contributed by atoms with Crippen LogP contribution in [0.25, 0.3) is 0 Å². The van der Waals surface area contributed by atoms with Crippen molar-refractivity contribution in [3.63, 3.8) is 0 Å². The molecule has 0 radical (unpaired) electrons. The summed E-state index contributed by atoms with van der Waals surface area (Å²) in [5.41, 5.74) is 6.56. The zero-order valence-electron chi connectivity index (χ0n) is 16.6. The number of benzene rings is 1. The summed E-state index contributed by atoms with van der Waals surface area (Å²) in [4.78, 5) is 42.6. The van der Waals surface area contributed by atoms with Gasteiger partial charge in [0, 0.05) is 37.1 Å². The van der Waals surface area contributed by atoms with Crippen LogP contribution in [0.15, 0.2) is 30.5 Å². The Bertz CT molecular complexity index is 887. The fraction of sp³-hybridized carbons (Fsp3) is 0.316. The molecule has 0 aliphatic rings. The Hall–Kier alpha value is -3.89. The van der Waals surface area contributed by atoms with E-state index in [1.54, 1.807) is 24.3 Å². The van der Waals surface area contributed by atoms with Crippen molar-refractivity contribution in [2.24, 2.45) is 5.73 Å². The normalized spacial score (nSPS) is 10.2. The predicted octanol–water partition coefficient (Wildman–Crippen LogP) is 1.53. The molecule has 7 N–H and O–H groups in total. The summed E-state index contributed by atoms with van der Waals surface area (Å²) < 4.78 is 0. The van der Waals surface area contributed by atoms with E-state index in [9.17, 15) is 14.4 Å². The van der Waals surface area contributed by atoms with Gasteiger partial charge >= 0.3 is 6.09 Å². The maximum Gasteiger partial charge on any atom is 0.404 e. The fourth-order valence-corrected chi connectivity index (χ4v) is 2.41. The molecule has 11 nitrogen and oxygen atoms in total. The second kappa shape index (κ2) is 11.2. The minimum atomic E-state index is -1.10. The lowest BCUT2D eigenvalue weighted by atomic mass is 10.2. The maximum absolute atomic E-state index is 12.5. The van der Waals surface area contributed by atoms with Crippen LogP contribution >= 0.6 is 0 Å². The molecule has 0 spiro atoms. The average Bonchev–Trinajstić information content (AvgIpc) is 2.72. The number of anilines is 3. The van der Waals surface area contributed by atoms with Gasteiger partial charge in [0.05, 0.1) is 0 Å². The van der Waals surface area contributed by atoms with Gasteiger partial charge in [0.1, 0.15) is 11.4 Å². The zero-order valence-corrected chi connectivity index (χ0v) is 16.6. The van der Waals surface area contributed by atoms with Crippen molar-refractivity contribution in [1.29, 1.82) is 0 Å². The molecule has 0 unspecified atom stereocenters. The number of nitrogens with one attached hydrogen (secondary N) is 4. The first kappa shape index (κ1) is 22.4. The van der Waals surface area contributed by atoms with Gasteiger partial charge in [0.2, 0.25) is 11.9 Å². The minimum absolute atomic E-state index is 0.241. The number of nitrogens with zero attached hydrogens (tertiary/aromatic N) is 2. The first-order valence-corrected chi connectivity index (χ1v) is 9.43. The summed E-state index contributed by atoms with van der Waals surface area (Å²) in [5.74, 6) is -0.217. The van der Waals surface area contributed by atoms with E-state index in [0.29, 0.717) is 36.6 Å². The fourth-order valence-electron chi connectivity index (χ4n) is 2.41. The molecule has 1 aromatic carbocycles. The summed E-state index contributed by atoms with van der Waals surface area (Å²) in [6.45, 7) is 3.15. The summed E-state index contributed by atoms with van der Waals surface area (Å²) in [6, 6.07) is 6.52. The van der Waals surface area contributed by atoms with E-state index in [1.165, 1.54) is 6.20 Å². The number of hydrogen-bond donors (Lipinski definition) is 6. The van der Waals surface area contributed by atoms with Gasteiger partial charge in [-0.3, -0.25) is 9.59 Å². The molecule has 0 saturated carbocycles. The van der Waals surface area contributed by atoms with Gasteiger partial charge in [-0.1, -0.05) is 6.92 Å². The lowest BCUT2D eigenvalue weighted by Gasteiger charge is -2.13. The van der Waals surface area contributed by atoms with Crippen molar-refractivity contribution in [2.75, 3.05) is 30.3 Å². The van der Waals surface area contributed by atoms with Crippen LogP contribution in [-0.2, 0) is 0 Å². The highest BCUT2D eigenvalue weighted by Gasteiger charge is 2.14. The summed E-state index contributed by atoms with van der Waals surface area (Å²) >= 11 is 0. The standard InChI is InChI=1S/C19H25N7O4/c1-2-8-21-16-14(17(28)22-9-3-10-23-19(29)30)11-24-18(26-16)25-13-6-4-12(5-7-13)15(20)27/h4-7,11,23H,2-3,8-10H2,1H3,(H2,20,27)(H,22,28)(H,29,30)(H2,21,24,25,26). The lowest BCUT2D eigenvalue weighted by Crippen LogP contribution is -2.30. The molecular weight excluding hydrogens is 390 g/mol. The largest absolute Gasteiger partial charge is 0.465 e. The number of amides is 3. The molecule has 1 aromatic heterocycles. The van der Waals surface area contributed by atoms with E-state index >= 15 is 0 Å². The second-order valence-electron chi connectivity index (χ2n) is 6.29. The molecule has 0 aliphatic carbocycles. The van der Waals surface area contributed by atoms with Crippen LogP contribution in [0.5, 0.6) is 0 Å². The van der Waals surface area contributed by atoms with Gasteiger partial charge in [0.15, 0.2) is 0 Å². The van der Waals surface area contributed by atoms with Crippen LogP contribution in [0.1, 0.15) is 40.5 Å². The average molecular weight is 415 g/mol. The minimum Gasteiger partial charge on any atom is -0.465 e. The highest BCUT2D eigenvalue weighted by molar-refractivity contribution is 5.98. The van der Waals surface area contributed by atoms with Crippen molar-refractivity contribution in [1.82, 2.24) is 20.6 Å². The SMILES string of the molecule is CCCNc1nc(Nc2ccc(C(N)=O)cc2)ncc1C(=O)NCCCNC(=O)O.